The lowest BCUT2D eigenvalue weighted by molar-refractivity contribution is -0.0399. The highest BCUT2D eigenvalue weighted by Crippen LogP contribution is 2.69. The fourth-order valence-corrected chi connectivity index (χ4v) is 14.9. The number of benzene rings is 9. The summed E-state index contributed by atoms with van der Waals surface area (Å²) in [5.74, 6) is 3.17. The minimum Gasteiger partial charge on any atom is -0.310 e. The van der Waals surface area contributed by atoms with Gasteiger partial charge in [0.2, 0.25) is 0 Å². The van der Waals surface area contributed by atoms with Crippen LogP contribution in [-0.2, 0) is 10.8 Å². The van der Waals surface area contributed by atoms with E-state index in [4.69, 9.17) is 0 Å². The molecule has 1 heteroatoms. The zero-order valence-electron chi connectivity index (χ0n) is 39.0. The Morgan fingerprint density at radius 3 is 1.53 bits per heavy atom. The maximum Gasteiger partial charge on any atom is 0.0468 e. The molecule has 0 atom stereocenters. The fourth-order valence-electron chi connectivity index (χ4n) is 14.9. The van der Waals surface area contributed by atoms with Crippen LogP contribution in [0.1, 0.15) is 68.2 Å². The maximum atomic E-state index is 2.66. The SMILES string of the molecule is CC1(C)c2ccccc2-c2cccc(-c3cccc(N(c4ccc(-c5ccc(-c6ccccc6)cc5)c(-c5ccccc5)c4)c4ccc5c(c4)C4(c6ccccc6-5)C5CC6CC(C5)CC4C6)c3)c21. The average molecular weight is 874 g/mol. The Morgan fingerprint density at radius 2 is 0.809 bits per heavy atom. The summed E-state index contributed by atoms with van der Waals surface area (Å²) in [6.07, 6.45) is 6.92. The van der Waals surface area contributed by atoms with Gasteiger partial charge in [-0.25, -0.2) is 0 Å². The Morgan fingerprint density at radius 1 is 0.324 bits per heavy atom. The van der Waals surface area contributed by atoms with Crippen LogP contribution in [0.25, 0.3) is 66.8 Å². The summed E-state index contributed by atoms with van der Waals surface area (Å²) in [7, 11) is 0. The Labute approximate surface area is 401 Å². The first kappa shape index (κ1) is 39.9. The molecule has 4 bridgehead atoms. The van der Waals surface area contributed by atoms with E-state index >= 15 is 0 Å². The minimum atomic E-state index is -0.125. The molecule has 0 heterocycles. The number of hydrogen-bond donors (Lipinski definition) is 0. The Kier molecular flexibility index (Phi) is 8.89. The van der Waals surface area contributed by atoms with Crippen LogP contribution in [0.3, 0.4) is 0 Å². The third-order valence-corrected chi connectivity index (χ3v) is 17.4. The van der Waals surface area contributed by atoms with Gasteiger partial charge in [0.1, 0.15) is 0 Å². The molecule has 6 aliphatic carbocycles. The predicted molar refractivity (Wildman–Crippen MR) is 284 cm³/mol. The van der Waals surface area contributed by atoms with E-state index in [1.807, 2.05) is 0 Å². The lowest BCUT2D eigenvalue weighted by Gasteiger charge is -2.61. The summed E-state index contributed by atoms with van der Waals surface area (Å²) < 4.78 is 0. The first-order valence-corrected chi connectivity index (χ1v) is 25.2. The van der Waals surface area contributed by atoms with E-state index in [2.05, 4.69) is 231 Å². The Hall–Kier alpha value is -7.22. The molecule has 68 heavy (non-hydrogen) atoms. The van der Waals surface area contributed by atoms with E-state index in [1.165, 1.54) is 121 Å². The third-order valence-electron chi connectivity index (χ3n) is 17.4. The quantitative estimate of drug-likeness (QED) is 0.154. The molecule has 0 saturated heterocycles. The Balaban J connectivity index is 0.967. The number of fused-ring (bicyclic) bond motifs is 6. The van der Waals surface area contributed by atoms with Crippen molar-refractivity contribution >= 4 is 17.1 Å². The van der Waals surface area contributed by atoms with Crippen LogP contribution in [0.4, 0.5) is 17.1 Å². The fraction of sp³-hybridized carbons (Fsp3) is 0.194. The monoisotopic (exact) mass is 873 g/mol. The van der Waals surface area contributed by atoms with Crippen molar-refractivity contribution in [3.63, 3.8) is 0 Å². The molecule has 15 rings (SSSR count). The van der Waals surface area contributed by atoms with Gasteiger partial charge in [-0.1, -0.05) is 190 Å². The highest BCUT2D eigenvalue weighted by atomic mass is 15.1. The molecule has 0 N–H and O–H groups in total. The van der Waals surface area contributed by atoms with Crippen molar-refractivity contribution in [2.24, 2.45) is 23.7 Å². The van der Waals surface area contributed by atoms with Gasteiger partial charge in [0, 0.05) is 27.9 Å². The number of anilines is 3. The summed E-state index contributed by atoms with van der Waals surface area (Å²) in [4.78, 5) is 2.58. The maximum absolute atomic E-state index is 2.66. The van der Waals surface area contributed by atoms with E-state index in [0.29, 0.717) is 11.8 Å². The van der Waals surface area contributed by atoms with Crippen molar-refractivity contribution in [2.75, 3.05) is 4.90 Å². The molecule has 1 spiro atoms. The minimum absolute atomic E-state index is 0.0685. The van der Waals surface area contributed by atoms with Crippen LogP contribution in [0, 0.1) is 23.7 Å². The normalized spacial score (nSPS) is 21.9. The summed E-state index contributed by atoms with van der Waals surface area (Å²) in [5.41, 5.74) is 25.0. The van der Waals surface area contributed by atoms with Crippen LogP contribution in [-0.4, -0.2) is 0 Å². The standard InChI is InChI=1S/C67H55N/c1-66(2)62-25-11-9-22-58(62)60-24-14-23-56(65(60)66)49-19-13-20-52(40-49)68(53-31-33-55(61(41-53)47-17-7-4-8-18-47)48-29-27-46(28-30-48)45-15-5-3-6-16-45)54-32-34-59-57-21-10-12-26-63(57)67(64(59)42-54)50-36-43-35-44(38-50)39-51(67)37-43/h3-34,40-44,50-51H,35-39H2,1-2H3. The largest absolute Gasteiger partial charge is 0.310 e. The van der Waals surface area contributed by atoms with Gasteiger partial charge < -0.3 is 4.90 Å². The van der Waals surface area contributed by atoms with Gasteiger partial charge in [0.15, 0.2) is 0 Å². The van der Waals surface area contributed by atoms with Gasteiger partial charge in [0.05, 0.1) is 0 Å². The molecule has 0 aromatic heterocycles. The summed E-state index contributed by atoms with van der Waals surface area (Å²) in [6.45, 7) is 4.81. The highest BCUT2D eigenvalue weighted by molar-refractivity contribution is 5.93. The second kappa shape index (κ2) is 15.1. The van der Waals surface area contributed by atoms with E-state index in [0.717, 1.165) is 17.5 Å². The molecule has 0 unspecified atom stereocenters. The predicted octanol–water partition coefficient (Wildman–Crippen LogP) is 17.9. The van der Waals surface area contributed by atoms with Crippen LogP contribution in [0.2, 0.25) is 0 Å². The average Bonchev–Trinajstić information content (AvgIpc) is 3.81. The second-order valence-corrected chi connectivity index (χ2v) is 21.3. The molecule has 0 amide bonds. The molecule has 9 aromatic rings. The first-order chi connectivity index (χ1) is 33.4. The lowest BCUT2D eigenvalue weighted by Crippen LogP contribution is -2.55. The summed E-state index contributed by atoms with van der Waals surface area (Å²) >= 11 is 0. The summed E-state index contributed by atoms with van der Waals surface area (Å²) in [6, 6.07) is 80.5. The van der Waals surface area contributed by atoms with Gasteiger partial charge >= 0.3 is 0 Å². The summed E-state index contributed by atoms with van der Waals surface area (Å²) in [5, 5.41) is 0. The molecule has 4 saturated carbocycles. The van der Waals surface area contributed by atoms with E-state index in [9.17, 15) is 0 Å². The zero-order chi connectivity index (χ0) is 45.1. The van der Waals surface area contributed by atoms with E-state index in [1.54, 1.807) is 11.1 Å². The number of nitrogens with zero attached hydrogens (tertiary/aromatic N) is 1. The molecule has 1 nitrogen and oxygen atoms in total. The molecule has 0 radical (unpaired) electrons. The molecular weight excluding hydrogens is 819 g/mol. The van der Waals surface area contributed by atoms with Crippen molar-refractivity contribution in [1.82, 2.24) is 0 Å². The van der Waals surface area contributed by atoms with E-state index in [-0.39, 0.29) is 10.8 Å². The molecule has 4 fully saturated rings. The molecule has 0 aliphatic heterocycles. The zero-order valence-corrected chi connectivity index (χ0v) is 39.0. The molecule has 6 aliphatic rings. The van der Waals surface area contributed by atoms with Gasteiger partial charge in [-0.15, -0.1) is 0 Å². The lowest BCUT2D eigenvalue weighted by atomic mass is 9.43. The molecular formula is C67H55N. The van der Waals surface area contributed by atoms with Crippen LogP contribution < -0.4 is 4.90 Å². The molecule has 9 aromatic carbocycles. The van der Waals surface area contributed by atoms with Crippen molar-refractivity contribution in [3.05, 3.63) is 235 Å². The Bertz CT molecular complexity index is 3400. The van der Waals surface area contributed by atoms with Crippen molar-refractivity contribution in [1.29, 1.82) is 0 Å². The topological polar surface area (TPSA) is 3.24 Å². The number of rotatable bonds is 7. The van der Waals surface area contributed by atoms with Gasteiger partial charge in [-0.3, -0.25) is 0 Å². The van der Waals surface area contributed by atoms with Crippen LogP contribution in [0.15, 0.2) is 212 Å². The van der Waals surface area contributed by atoms with Crippen molar-refractivity contribution in [3.8, 4) is 66.8 Å². The van der Waals surface area contributed by atoms with Crippen molar-refractivity contribution in [2.45, 2.75) is 56.8 Å². The van der Waals surface area contributed by atoms with Crippen molar-refractivity contribution < 1.29 is 0 Å². The second-order valence-electron chi connectivity index (χ2n) is 21.3. The third kappa shape index (κ3) is 5.87. The highest BCUT2D eigenvalue weighted by Gasteiger charge is 2.61. The first-order valence-electron chi connectivity index (χ1n) is 25.2. The van der Waals surface area contributed by atoms with E-state index < -0.39 is 0 Å². The van der Waals surface area contributed by atoms with Crippen LogP contribution in [0.5, 0.6) is 0 Å². The molecule has 328 valence electrons. The number of hydrogen-bond acceptors (Lipinski definition) is 1. The smallest absolute Gasteiger partial charge is 0.0468 e. The van der Waals surface area contributed by atoms with Crippen LogP contribution >= 0.6 is 0 Å². The van der Waals surface area contributed by atoms with Gasteiger partial charge in [0.25, 0.3) is 0 Å². The van der Waals surface area contributed by atoms with Gasteiger partial charge in [-0.2, -0.15) is 0 Å². The van der Waals surface area contributed by atoms with Gasteiger partial charge in [-0.05, 0) is 181 Å².